The van der Waals surface area contributed by atoms with Crippen LogP contribution in [0.3, 0.4) is 0 Å². The van der Waals surface area contributed by atoms with E-state index in [0.29, 0.717) is 16.9 Å². The molecule has 5 nitrogen and oxygen atoms in total. The van der Waals surface area contributed by atoms with E-state index in [1.54, 1.807) is 0 Å². The molecule has 3 N–H and O–H groups in total. The van der Waals surface area contributed by atoms with Gasteiger partial charge in [0.15, 0.2) is 0 Å². The van der Waals surface area contributed by atoms with Crippen molar-refractivity contribution in [1.29, 1.82) is 0 Å². The fraction of sp³-hybridized carbons (Fsp3) is 0.462. The average Bonchev–Trinajstić information content (AvgIpc) is 2.35. The lowest BCUT2D eigenvalue weighted by Crippen LogP contribution is -2.25. The van der Waals surface area contributed by atoms with E-state index in [2.05, 4.69) is 35.1 Å². The van der Waals surface area contributed by atoms with Gasteiger partial charge in [-0.15, -0.1) is 0 Å². The van der Waals surface area contributed by atoms with Gasteiger partial charge in [-0.2, -0.15) is 0 Å². The first-order valence-corrected chi connectivity index (χ1v) is 9.14. The van der Waals surface area contributed by atoms with Crippen LogP contribution in [-0.4, -0.2) is 20.9 Å². The second kappa shape index (κ2) is 7.58. The molecule has 0 bridgehead atoms. The Balaban J connectivity index is 2.91. The van der Waals surface area contributed by atoms with Crippen molar-refractivity contribution in [3.05, 3.63) is 27.2 Å². The van der Waals surface area contributed by atoms with Gasteiger partial charge in [0.1, 0.15) is 0 Å². The van der Waals surface area contributed by atoms with Crippen molar-refractivity contribution >= 4 is 43.5 Å². The first kappa shape index (κ1) is 18.4. The van der Waals surface area contributed by atoms with E-state index in [1.807, 2.05) is 0 Å². The molecule has 1 amide bonds. The molecule has 0 aliphatic rings. The third-order valence-electron chi connectivity index (χ3n) is 2.82. The van der Waals surface area contributed by atoms with Crippen molar-refractivity contribution in [3.63, 3.8) is 0 Å². The van der Waals surface area contributed by atoms with Crippen LogP contribution in [0.15, 0.2) is 21.5 Å². The van der Waals surface area contributed by atoms with Crippen molar-refractivity contribution in [1.82, 2.24) is 5.32 Å². The average molecular weight is 398 g/mol. The van der Waals surface area contributed by atoms with Gasteiger partial charge < -0.3 is 5.32 Å². The molecule has 0 aliphatic carbocycles. The number of carbonyl (C=O) groups is 1. The maximum Gasteiger partial charge on any atom is 0.252 e. The van der Waals surface area contributed by atoms with Crippen molar-refractivity contribution in [3.8, 4) is 0 Å². The number of benzene rings is 1. The highest BCUT2D eigenvalue weighted by Crippen LogP contribution is 2.29. The maximum atomic E-state index is 12.1. The van der Waals surface area contributed by atoms with E-state index in [9.17, 15) is 13.2 Å². The molecule has 0 spiro atoms. The van der Waals surface area contributed by atoms with Gasteiger partial charge in [-0.25, -0.2) is 13.6 Å². The van der Waals surface area contributed by atoms with Gasteiger partial charge in [-0.1, -0.05) is 25.4 Å². The molecule has 8 heteroatoms. The van der Waals surface area contributed by atoms with Gasteiger partial charge in [0.05, 0.1) is 15.5 Å². The summed E-state index contributed by atoms with van der Waals surface area (Å²) in [5.74, 6) is 0.139. The minimum atomic E-state index is -3.90. The van der Waals surface area contributed by atoms with Crippen LogP contribution in [0, 0.1) is 5.92 Å². The van der Waals surface area contributed by atoms with E-state index in [4.69, 9.17) is 16.7 Å². The molecule has 0 unspecified atom stereocenters. The molecule has 118 valence electrons. The highest BCUT2D eigenvalue weighted by Gasteiger charge is 2.18. The Labute approximate surface area is 138 Å². The Morgan fingerprint density at radius 2 is 2.05 bits per heavy atom. The van der Waals surface area contributed by atoms with Crippen LogP contribution in [0.25, 0.3) is 0 Å². The van der Waals surface area contributed by atoms with Crippen molar-refractivity contribution < 1.29 is 13.2 Å². The summed E-state index contributed by atoms with van der Waals surface area (Å²) >= 11 is 9.16. The predicted molar refractivity (Wildman–Crippen MR) is 86.9 cm³/mol. The number of amides is 1. The molecule has 0 fully saturated rings. The lowest BCUT2D eigenvalue weighted by Gasteiger charge is -2.10. The van der Waals surface area contributed by atoms with Crippen LogP contribution >= 0.6 is 27.5 Å². The Kier molecular flexibility index (Phi) is 6.65. The minimum absolute atomic E-state index is 0.0830. The summed E-state index contributed by atoms with van der Waals surface area (Å²) in [6, 6.07) is 2.45. The summed E-state index contributed by atoms with van der Waals surface area (Å²) in [5.41, 5.74) is 0.0830. The smallest absolute Gasteiger partial charge is 0.252 e. The van der Waals surface area contributed by atoms with Crippen LogP contribution < -0.4 is 10.5 Å². The van der Waals surface area contributed by atoms with Crippen LogP contribution in [0.4, 0.5) is 0 Å². The Bertz CT molecular complexity index is 633. The quantitative estimate of drug-likeness (QED) is 0.723. The second-order valence-electron chi connectivity index (χ2n) is 5.10. The fourth-order valence-electron chi connectivity index (χ4n) is 1.70. The van der Waals surface area contributed by atoms with Crippen molar-refractivity contribution in [2.45, 2.75) is 31.6 Å². The summed E-state index contributed by atoms with van der Waals surface area (Å²) in [7, 11) is -3.90. The number of hydrogen-bond donors (Lipinski definition) is 2. The van der Waals surface area contributed by atoms with Crippen LogP contribution in [-0.2, 0) is 10.0 Å². The Morgan fingerprint density at radius 1 is 1.43 bits per heavy atom. The summed E-state index contributed by atoms with van der Waals surface area (Å²) in [5, 5.41) is 7.95. The Morgan fingerprint density at radius 3 is 2.57 bits per heavy atom. The normalized spacial score (nSPS) is 11.7. The molecule has 0 atom stereocenters. The SMILES string of the molecule is CC(C)CCCNC(=O)c1cc(S(N)(=O)=O)cc(Br)c1Cl. The van der Waals surface area contributed by atoms with Gasteiger partial charge >= 0.3 is 0 Å². The Hall–Kier alpha value is -0.630. The number of rotatable bonds is 6. The number of primary sulfonamides is 1. The molecule has 0 aromatic heterocycles. The van der Waals surface area contributed by atoms with E-state index >= 15 is 0 Å². The molecule has 0 aliphatic heterocycles. The number of hydrogen-bond acceptors (Lipinski definition) is 3. The molecule has 0 radical (unpaired) electrons. The summed E-state index contributed by atoms with van der Waals surface area (Å²) in [6.45, 7) is 4.71. The van der Waals surface area contributed by atoms with E-state index < -0.39 is 15.9 Å². The molecule has 1 aromatic rings. The predicted octanol–water partition coefficient (Wildman–Crippen LogP) is 2.92. The first-order valence-electron chi connectivity index (χ1n) is 6.43. The third-order valence-corrected chi connectivity index (χ3v) is 4.97. The number of carbonyl (C=O) groups excluding carboxylic acids is 1. The molecule has 1 rings (SSSR count). The maximum absolute atomic E-state index is 12.1. The highest BCUT2D eigenvalue weighted by atomic mass is 79.9. The number of nitrogens with one attached hydrogen (secondary N) is 1. The molecular weight excluding hydrogens is 380 g/mol. The lowest BCUT2D eigenvalue weighted by molar-refractivity contribution is 0.0952. The van der Waals surface area contributed by atoms with Gasteiger partial charge in [0.25, 0.3) is 5.91 Å². The third kappa shape index (κ3) is 5.58. The largest absolute Gasteiger partial charge is 0.352 e. The fourth-order valence-corrected chi connectivity index (χ4v) is 3.07. The van der Waals surface area contributed by atoms with Crippen LogP contribution in [0.5, 0.6) is 0 Å². The summed E-state index contributed by atoms with van der Waals surface area (Å²) in [6.07, 6.45) is 1.84. The van der Waals surface area contributed by atoms with Gasteiger partial charge in [-0.05, 0) is 46.8 Å². The van der Waals surface area contributed by atoms with E-state index in [1.165, 1.54) is 12.1 Å². The molecule has 0 heterocycles. The zero-order chi connectivity index (χ0) is 16.2. The molecule has 1 aromatic carbocycles. The number of nitrogens with two attached hydrogens (primary N) is 1. The lowest BCUT2D eigenvalue weighted by atomic mass is 10.1. The zero-order valence-corrected chi connectivity index (χ0v) is 15.0. The van der Waals surface area contributed by atoms with Crippen molar-refractivity contribution in [2.75, 3.05) is 6.54 Å². The minimum Gasteiger partial charge on any atom is -0.352 e. The first-order chi connectivity index (χ1) is 9.62. The monoisotopic (exact) mass is 396 g/mol. The molecule has 0 saturated heterocycles. The summed E-state index contributed by atoms with van der Waals surface area (Å²) < 4.78 is 23.1. The molecule has 0 saturated carbocycles. The van der Waals surface area contributed by atoms with Gasteiger partial charge in [-0.3, -0.25) is 4.79 Å². The molecule has 21 heavy (non-hydrogen) atoms. The van der Waals surface area contributed by atoms with Crippen LogP contribution in [0.2, 0.25) is 5.02 Å². The van der Waals surface area contributed by atoms with Crippen molar-refractivity contribution in [2.24, 2.45) is 11.1 Å². The standard InChI is InChI=1S/C13H18BrClN2O3S/c1-8(2)4-3-5-17-13(18)10-6-9(21(16,19)20)7-11(14)12(10)15/h6-8H,3-5H2,1-2H3,(H,17,18)(H2,16,19,20). The zero-order valence-electron chi connectivity index (χ0n) is 11.8. The van der Waals surface area contributed by atoms with E-state index in [-0.39, 0.29) is 15.5 Å². The second-order valence-corrected chi connectivity index (χ2v) is 7.90. The van der Waals surface area contributed by atoms with E-state index in [0.717, 1.165) is 12.8 Å². The number of halogens is 2. The summed E-state index contributed by atoms with van der Waals surface area (Å²) in [4.78, 5) is 11.9. The van der Waals surface area contributed by atoms with Crippen LogP contribution in [0.1, 0.15) is 37.0 Å². The molecular formula is C13H18BrClN2O3S. The highest BCUT2D eigenvalue weighted by molar-refractivity contribution is 9.10. The van der Waals surface area contributed by atoms with Gasteiger partial charge in [0.2, 0.25) is 10.0 Å². The van der Waals surface area contributed by atoms with Gasteiger partial charge in [0, 0.05) is 11.0 Å². The number of sulfonamides is 1. The topological polar surface area (TPSA) is 89.3 Å².